The van der Waals surface area contributed by atoms with E-state index >= 15 is 0 Å². The van der Waals surface area contributed by atoms with E-state index < -0.39 is 0 Å². The maximum Gasteiger partial charge on any atom is 0.294 e. The molecule has 1 aromatic heterocycles. The molecule has 1 fully saturated rings. The Hall–Kier alpha value is -2.05. The number of hydrogen-bond donors (Lipinski definition) is 1. The molecule has 0 aliphatic heterocycles. The van der Waals surface area contributed by atoms with Gasteiger partial charge in [0, 0.05) is 18.8 Å². The lowest BCUT2D eigenvalue weighted by atomic mass is 10.3. The lowest BCUT2D eigenvalue weighted by molar-refractivity contribution is 0.0987. The van der Waals surface area contributed by atoms with Crippen LogP contribution in [0.15, 0.2) is 40.9 Å². The number of nitrogens with zero attached hydrogens (tertiary/aromatic N) is 2. The van der Waals surface area contributed by atoms with E-state index in [-0.39, 0.29) is 24.1 Å². The van der Waals surface area contributed by atoms with Crippen molar-refractivity contribution < 1.29 is 14.1 Å². The van der Waals surface area contributed by atoms with Gasteiger partial charge in [-0.3, -0.25) is 4.79 Å². The summed E-state index contributed by atoms with van der Waals surface area (Å²) in [7, 11) is 2.09. The van der Waals surface area contributed by atoms with Crippen LogP contribution in [-0.2, 0) is 0 Å². The van der Waals surface area contributed by atoms with Gasteiger partial charge < -0.3 is 19.5 Å². The second kappa shape index (κ2) is 8.70. The van der Waals surface area contributed by atoms with Crippen LogP contribution in [0.5, 0.6) is 5.88 Å². The smallest absolute Gasteiger partial charge is 0.294 e. The fourth-order valence-corrected chi connectivity index (χ4v) is 2.29. The Kier molecular flexibility index (Phi) is 6.63. The number of halogens is 1. The SMILES string of the molecule is CN(CCOc1cc(C(=O)Nc2ccccc2)on1)CC1CC1.Cl. The van der Waals surface area contributed by atoms with E-state index in [1.165, 1.54) is 18.9 Å². The highest BCUT2D eigenvalue weighted by atomic mass is 35.5. The summed E-state index contributed by atoms with van der Waals surface area (Å²) in [6.45, 7) is 2.47. The summed E-state index contributed by atoms with van der Waals surface area (Å²) >= 11 is 0. The fourth-order valence-electron chi connectivity index (χ4n) is 2.29. The first-order chi connectivity index (χ1) is 11.2. The summed E-state index contributed by atoms with van der Waals surface area (Å²) in [5.74, 6) is 0.989. The lowest BCUT2D eigenvalue weighted by Gasteiger charge is -2.15. The Balaban J connectivity index is 0.00000208. The van der Waals surface area contributed by atoms with Crippen molar-refractivity contribution in [3.8, 4) is 5.88 Å². The molecule has 1 aromatic carbocycles. The zero-order valence-electron chi connectivity index (χ0n) is 13.6. The monoisotopic (exact) mass is 351 g/mol. The van der Waals surface area contributed by atoms with Crippen LogP contribution < -0.4 is 10.1 Å². The molecule has 3 rings (SSSR count). The summed E-state index contributed by atoms with van der Waals surface area (Å²) in [6.07, 6.45) is 2.68. The van der Waals surface area contributed by atoms with Gasteiger partial charge in [0.1, 0.15) is 6.61 Å². The highest BCUT2D eigenvalue weighted by molar-refractivity contribution is 6.02. The Morgan fingerprint density at radius 3 is 2.83 bits per heavy atom. The molecule has 1 aliphatic carbocycles. The van der Waals surface area contributed by atoms with E-state index in [9.17, 15) is 4.79 Å². The quantitative estimate of drug-likeness (QED) is 0.791. The van der Waals surface area contributed by atoms with Crippen LogP contribution in [0.3, 0.4) is 0 Å². The van der Waals surface area contributed by atoms with E-state index in [2.05, 4.69) is 22.4 Å². The summed E-state index contributed by atoms with van der Waals surface area (Å²) < 4.78 is 10.6. The number of para-hydroxylation sites is 1. The Morgan fingerprint density at radius 1 is 1.38 bits per heavy atom. The van der Waals surface area contributed by atoms with Crippen LogP contribution in [0.2, 0.25) is 0 Å². The van der Waals surface area contributed by atoms with Crippen molar-refractivity contribution in [1.82, 2.24) is 10.1 Å². The Bertz CT molecular complexity index is 644. The van der Waals surface area contributed by atoms with Crippen molar-refractivity contribution in [2.24, 2.45) is 5.92 Å². The van der Waals surface area contributed by atoms with Crippen LogP contribution in [0.1, 0.15) is 23.4 Å². The van der Waals surface area contributed by atoms with E-state index in [4.69, 9.17) is 9.26 Å². The number of carbonyl (C=O) groups excluding carboxylic acids is 1. The molecule has 130 valence electrons. The van der Waals surface area contributed by atoms with Gasteiger partial charge in [-0.1, -0.05) is 18.2 Å². The first-order valence-corrected chi connectivity index (χ1v) is 7.85. The number of benzene rings is 1. The summed E-state index contributed by atoms with van der Waals surface area (Å²) in [5, 5.41) is 6.51. The number of anilines is 1. The molecule has 7 heteroatoms. The van der Waals surface area contributed by atoms with Gasteiger partial charge in [0.15, 0.2) is 0 Å². The minimum atomic E-state index is -0.343. The number of amides is 1. The number of likely N-dealkylation sites (N-methyl/N-ethyl adjacent to an activating group) is 1. The van der Waals surface area contributed by atoms with Gasteiger partial charge in [-0.2, -0.15) is 0 Å². The van der Waals surface area contributed by atoms with Gasteiger partial charge >= 0.3 is 0 Å². The third-order valence-electron chi connectivity index (χ3n) is 3.73. The van der Waals surface area contributed by atoms with Gasteiger partial charge in [-0.25, -0.2) is 0 Å². The molecule has 1 heterocycles. The predicted molar refractivity (Wildman–Crippen MR) is 93.9 cm³/mol. The average Bonchev–Trinajstić information content (AvgIpc) is 3.23. The third kappa shape index (κ3) is 5.54. The molecule has 0 unspecified atom stereocenters. The normalized spacial score (nSPS) is 13.4. The number of ether oxygens (including phenoxy) is 1. The molecule has 0 saturated heterocycles. The van der Waals surface area contributed by atoms with E-state index in [1.807, 2.05) is 18.2 Å². The maximum atomic E-state index is 12.0. The van der Waals surface area contributed by atoms with Crippen molar-refractivity contribution in [3.05, 3.63) is 42.2 Å². The molecule has 1 saturated carbocycles. The number of nitrogens with one attached hydrogen (secondary N) is 1. The fraction of sp³-hybridized carbons (Fsp3) is 0.412. The summed E-state index contributed by atoms with van der Waals surface area (Å²) in [5.41, 5.74) is 0.707. The van der Waals surface area contributed by atoms with Crippen LogP contribution in [-0.4, -0.2) is 42.7 Å². The lowest BCUT2D eigenvalue weighted by Crippen LogP contribution is -2.26. The molecule has 0 atom stereocenters. The van der Waals surface area contributed by atoms with Gasteiger partial charge in [-0.05, 0) is 43.1 Å². The van der Waals surface area contributed by atoms with Crippen LogP contribution >= 0.6 is 12.4 Å². The predicted octanol–water partition coefficient (Wildman–Crippen LogP) is 3.07. The molecular weight excluding hydrogens is 330 g/mol. The second-order valence-corrected chi connectivity index (χ2v) is 5.90. The highest BCUT2D eigenvalue weighted by Crippen LogP contribution is 2.29. The van der Waals surface area contributed by atoms with Gasteiger partial charge in [0.25, 0.3) is 11.8 Å². The largest absolute Gasteiger partial charge is 0.474 e. The molecule has 1 N–H and O–H groups in total. The van der Waals surface area contributed by atoms with Crippen molar-refractivity contribution in [2.45, 2.75) is 12.8 Å². The highest BCUT2D eigenvalue weighted by Gasteiger charge is 2.22. The molecule has 0 spiro atoms. The van der Waals surface area contributed by atoms with Gasteiger partial charge in [-0.15, -0.1) is 12.4 Å². The molecule has 2 aromatic rings. The second-order valence-electron chi connectivity index (χ2n) is 5.90. The topological polar surface area (TPSA) is 67.6 Å². The minimum Gasteiger partial charge on any atom is -0.474 e. The Morgan fingerprint density at radius 2 is 2.12 bits per heavy atom. The van der Waals surface area contributed by atoms with Gasteiger partial charge in [0.2, 0.25) is 5.76 Å². The van der Waals surface area contributed by atoms with E-state index in [0.717, 1.165) is 19.0 Å². The molecule has 24 heavy (non-hydrogen) atoms. The van der Waals surface area contributed by atoms with Crippen molar-refractivity contribution in [2.75, 3.05) is 32.1 Å². The summed E-state index contributed by atoms with van der Waals surface area (Å²) in [4.78, 5) is 14.3. The van der Waals surface area contributed by atoms with E-state index in [0.29, 0.717) is 18.2 Å². The minimum absolute atomic E-state index is 0. The van der Waals surface area contributed by atoms with Crippen LogP contribution in [0, 0.1) is 5.92 Å². The molecule has 0 bridgehead atoms. The number of carbonyl (C=O) groups is 1. The van der Waals surface area contributed by atoms with Crippen molar-refractivity contribution in [3.63, 3.8) is 0 Å². The first-order valence-electron chi connectivity index (χ1n) is 7.85. The number of rotatable bonds is 8. The standard InChI is InChI=1S/C17H21N3O3.ClH/c1-20(12-13-7-8-13)9-10-22-16-11-15(23-19-16)17(21)18-14-5-3-2-4-6-14;/h2-6,11,13H,7-10,12H2,1H3,(H,18,21);1H. The average molecular weight is 352 g/mol. The van der Waals surface area contributed by atoms with E-state index in [1.54, 1.807) is 12.1 Å². The maximum absolute atomic E-state index is 12.0. The number of aromatic nitrogens is 1. The molecule has 1 aliphatic rings. The zero-order chi connectivity index (χ0) is 16.1. The summed E-state index contributed by atoms with van der Waals surface area (Å²) in [6, 6.07) is 10.7. The van der Waals surface area contributed by atoms with Crippen LogP contribution in [0.4, 0.5) is 5.69 Å². The molecule has 1 amide bonds. The molecule has 0 radical (unpaired) electrons. The van der Waals surface area contributed by atoms with Crippen molar-refractivity contribution in [1.29, 1.82) is 0 Å². The van der Waals surface area contributed by atoms with Crippen molar-refractivity contribution >= 4 is 24.0 Å². The van der Waals surface area contributed by atoms with Gasteiger partial charge in [0.05, 0.1) is 6.07 Å². The first kappa shape index (κ1) is 18.3. The zero-order valence-corrected chi connectivity index (χ0v) is 14.4. The van der Waals surface area contributed by atoms with Crippen LogP contribution in [0.25, 0.3) is 0 Å². The Labute approximate surface area is 147 Å². The third-order valence-corrected chi connectivity index (χ3v) is 3.73. The molecule has 6 nitrogen and oxygen atoms in total. The number of hydrogen-bond acceptors (Lipinski definition) is 5. The molecular formula is C17H22ClN3O3.